The molecule has 0 fully saturated rings. The quantitative estimate of drug-likeness (QED) is 0.511. The van der Waals surface area contributed by atoms with E-state index in [1.165, 1.54) is 33.9 Å². The molecule has 4 aromatic rings. The fourth-order valence-corrected chi connectivity index (χ4v) is 4.39. The molecule has 1 aliphatic heterocycles. The van der Waals surface area contributed by atoms with Crippen molar-refractivity contribution in [3.63, 3.8) is 0 Å². The highest BCUT2D eigenvalue weighted by atomic mass is 32.2. The molecule has 5 rings (SSSR count). The first-order chi connectivity index (χ1) is 15.1. The molecule has 2 amide bonds. The molecule has 0 atom stereocenters. The number of rotatable bonds is 4. The molecule has 31 heavy (non-hydrogen) atoms. The van der Waals surface area contributed by atoms with Gasteiger partial charge in [0.15, 0.2) is 5.65 Å². The largest absolute Gasteiger partial charge is 0.323 e. The van der Waals surface area contributed by atoms with Gasteiger partial charge in [-0.1, -0.05) is 24.3 Å². The number of fused-ring (bicyclic) bond motifs is 2. The molecule has 0 saturated carbocycles. The lowest BCUT2D eigenvalue weighted by Gasteiger charge is -2.28. The predicted molar refractivity (Wildman–Crippen MR) is 118 cm³/mol. The van der Waals surface area contributed by atoms with Crippen LogP contribution in [0.2, 0.25) is 0 Å². The minimum Gasteiger partial charge on any atom is -0.323 e. The monoisotopic (exact) mass is 432 g/mol. The number of H-pyrrole nitrogens is 1. The normalized spacial score (nSPS) is 13.3. The molecule has 10 heteroatoms. The Morgan fingerprint density at radius 3 is 2.74 bits per heavy atom. The van der Waals surface area contributed by atoms with E-state index in [0.717, 1.165) is 10.6 Å². The fourth-order valence-electron chi connectivity index (χ4n) is 3.46. The smallest absolute Gasteiger partial charge is 0.261 e. The molecular formula is C21H16N6O3S. The Hall–Kier alpha value is -3.92. The lowest BCUT2D eigenvalue weighted by atomic mass is 10.2. The molecule has 0 unspecified atom stereocenters. The Balaban J connectivity index is 1.44. The zero-order chi connectivity index (χ0) is 21.4. The van der Waals surface area contributed by atoms with Crippen molar-refractivity contribution < 1.29 is 9.59 Å². The van der Waals surface area contributed by atoms with Gasteiger partial charge in [0, 0.05) is 4.90 Å². The van der Waals surface area contributed by atoms with Crippen LogP contribution in [0.1, 0.15) is 0 Å². The Kier molecular flexibility index (Phi) is 4.75. The number of amides is 2. The number of nitrogens with one attached hydrogen (secondary N) is 2. The van der Waals surface area contributed by atoms with E-state index in [4.69, 9.17) is 0 Å². The maximum absolute atomic E-state index is 12.9. The number of carbonyl (C=O) groups is 2. The van der Waals surface area contributed by atoms with Gasteiger partial charge in [-0.05, 0) is 24.3 Å². The molecule has 154 valence electrons. The van der Waals surface area contributed by atoms with Gasteiger partial charge in [-0.15, -0.1) is 11.8 Å². The van der Waals surface area contributed by atoms with Crippen molar-refractivity contribution in [3.05, 3.63) is 71.4 Å². The van der Waals surface area contributed by atoms with Crippen molar-refractivity contribution in [1.82, 2.24) is 19.7 Å². The van der Waals surface area contributed by atoms with Gasteiger partial charge in [0.2, 0.25) is 11.8 Å². The molecule has 0 aliphatic carbocycles. The highest BCUT2D eigenvalue weighted by Crippen LogP contribution is 2.34. The highest BCUT2D eigenvalue weighted by molar-refractivity contribution is 8.00. The van der Waals surface area contributed by atoms with E-state index in [9.17, 15) is 14.4 Å². The average molecular weight is 432 g/mol. The maximum atomic E-state index is 12.9. The van der Waals surface area contributed by atoms with E-state index in [2.05, 4.69) is 20.4 Å². The van der Waals surface area contributed by atoms with Crippen LogP contribution in [0.4, 0.5) is 11.4 Å². The van der Waals surface area contributed by atoms with Crippen molar-refractivity contribution >= 4 is 46.0 Å². The second-order valence-corrected chi connectivity index (χ2v) is 7.84. The van der Waals surface area contributed by atoms with Crippen molar-refractivity contribution in [2.75, 3.05) is 22.5 Å². The van der Waals surface area contributed by atoms with Crippen LogP contribution in [0, 0.1) is 0 Å². The van der Waals surface area contributed by atoms with Gasteiger partial charge in [0.05, 0.1) is 35.3 Å². The van der Waals surface area contributed by atoms with E-state index in [1.54, 1.807) is 24.3 Å². The minimum absolute atomic E-state index is 0.109. The molecule has 2 aromatic carbocycles. The average Bonchev–Trinajstić information content (AvgIpc) is 3.21. The molecule has 1 aliphatic rings. The van der Waals surface area contributed by atoms with Crippen molar-refractivity contribution in [3.8, 4) is 5.69 Å². The summed E-state index contributed by atoms with van der Waals surface area (Å²) in [6.45, 7) is -0.109. The molecule has 0 spiro atoms. The van der Waals surface area contributed by atoms with Crippen LogP contribution in [0.25, 0.3) is 16.7 Å². The van der Waals surface area contributed by atoms with E-state index in [0.29, 0.717) is 28.2 Å². The fraction of sp³-hybridized carbons (Fsp3) is 0.0952. The third-order valence-electron chi connectivity index (χ3n) is 4.89. The lowest BCUT2D eigenvalue weighted by molar-refractivity contribution is -0.120. The first-order valence-corrected chi connectivity index (χ1v) is 10.4. The summed E-state index contributed by atoms with van der Waals surface area (Å²) in [4.78, 5) is 46.5. The number of hydrogen-bond donors (Lipinski definition) is 2. The SMILES string of the molecule is O=C(CN1C(=O)CSc2ccccc21)Nc1ccccc1-n1ncc2c(=O)[nH]cnc21. The summed E-state index contributed by atoms with van der Waals surface area (Å²) in [6.07, 6.45) is 2.74. The number of anilines is 2. The number of hydrogen-bond acceptors (Lipinski definition) is 6. The van der Waals surface area contributed by atoms with E-state index in [-0.39, 0.29) is 23.9 Å². The van der Waals surface area contributed by atoms with Gasteiger partial charge in [-0.25, -0.2) is 9.67 Å². The Morgan fingerprint density at radius 1 is 1.10 bits per heavy atom. The van der Waals surface area contributed by atoms with Crippen LogP contribution in [-0.2, 0) is 9.59 Å². The third-order valence-corrected chi connectivity index (χ3v) is 5.93. The molecule has 0 bridgehead atoms. The van der Waals surface area contributed by atoms with Gasteiger partial charge < -0.3 is 15.2 Å². The van der Waals surface area contributed by atoms with Crippen LogP contribution in [-0.4, -0.2) is 43.9 Å². The van der Waals surface area contributed by atoms with Gasteiger partial charge in [-0.3, -0.25) is 14.4 Å². The third kappa shape index (κ3) is 3.46. The van der Waals surface area contributed by atoms with Crippen LogP contribution in [0.15, 0.2) is 70.7 Å². The van der Waals surface area contributed by atoms with Gasteiger partial charge in [0.1, 0.15) is 11.9 Å². The zero-order valence-corrected chi connectivity index (χ0v) is 16.9. The molecule has 0 radical (unpaired) electrons. The van der Waals surface area contributed by atoms with E-state index >= 15 is 0 Å². The molecule has 9 nitrogen and oxygen atoms in total. The van der Waals surface area contributed by atoms with Gasteiger partial charge in [0.25, 0.3) is 5.56 Å². The van der Waals surface area contributed by atoms with Crippen LogP contribution < -0.4 is 15.8 Å². The molecule has 2 aromatic heterocycles. The Labute approximate surface area is 180 Å². The van der Waals surface area contributed by atoms with Crippen LogP contribution >= 0.6 is 11.8 Å². The summed E-state index contributed by atoms with van der Waals surface area (Å²) < 4.78 is 1.50. The summed E-state index contributed by atoms with van der Waals surface area (Å²) in [5.74, 6) is -0.168. The Bertz CT molecular complexity index is 1380. The van der Waals surface area contributed by atoms with Crippen molar-refractivity contribution in [2.24, 2.45) is 0 Å². The zero-order valence-electron chi connectivity index (χ0n) is 16.1. The summed E-state index contributed by atoms with van der Waals surface area (Å²) in [7, 11) is 0. The number of thioether (sulfide) groups is 1. The van der Waals surface area contributed by atoms with Crippen LogP contribution in [0.3, 0.4) is 0 Å². The number of benzene rings is 2. The summed E-state index contributed by atoms with van der Waals surface area (Å²) in [5.41, 5.74) is 1.87. The van der Waals surface area contributed by atoms with Crippen molar-refractivity contribution in [1.29, 1.82) is 0 Å². The molecule has 2 N–H and O–H groups in total. The van der Waals surface area contributed by atoms with E-state index < -0.39 is 0 Å². The Morgan fingerprint density at radius 2 is 1.87 bits per heavy atom. The second kappa shape index (κ2) is 7.73. The maximum Gasteiger partial charge on any atom is 0.261 e. The number of aromatic nitrogens is 4. The van der Waals surface area contributed by atoms with Crippen molar-refractivity contribution in [2.45, 2.75) is 4.90 Å². The summed E-state index contributed by atoms with van der Waals surface area (Å²) in [5, 5.41) is 7.47. The minimum atomic E-state index is -0.343. The number of aromatic amines is 1. The topological polar surface area (TPSA) is 113 Å². The number of nitrogens with zero attached hydrogens (tertiary/aromatic N) is 4. The highest BCUT2D eigenvalue weighted by Gasteiger charge is 2.26. The van der Waals surface area contributed by atoms with E-state index in [1.807, 2.05) is 24.3 Å². The summed E-state index contributed by atoms with van der Waals surface area (Å²) in [6, 6.07) is 14.6. The summed E-state index contributed by atoms with van der Waals surface area (Å²) >= 11 is 1.47. The molecule has 0 saturated heterocycles. The first-order valence-electron chi connectivity index (χ1n) is 9.44. The lowest BCUT2D eigenvalue weighted by Crippen LogP contribution is -2.41. The van der Waals surface area contributed by atoms with Gasteiger partial charge in [-0.2, -0.15) is 5.10 Å². The number of carbonyl (C=O) groups excluding carboxylic acids is 2. The first kappa shape index (κ1) is 19.1. The standard InChI is InChI=1S/C21H16N6O3S/c28-18(10-26-16-7-3-4-8-17(16)31-11-19(26)29)25-14-5-1-2-6-15(14)27-20-13(9-24-27)21(30)23-12-22-20/h1-9,12H,10-11H2,(H,25,28)(H,22,23,30). The molecule has 3 heterocycles. The second-order valence-electron chi connectivity index (χ2n) is 6.83. The molecular weight excluding hydrogens is 416 g/mol. The van der Waals surface area contributed by atoms with Crippen LogP contribution in [0.5, 0.6) is 0 Å². The predicted octanol–water partition coefficient (Wildman–Crippen LogP) is 2.19. The number of para-hydroxylation sites is 3. The van der Waals surface area contributed by atoms with Gasteiger partial charge >= 0.3 is 0 Å².